The Kier molecular flexibility index (Phi) is 8.40. The van der Waals surface area contributed by atoms with Gasteiger partial charge in [0, 0.05) is 30.9 Å². The smallest absolute Gasteiger partial charge is 0.385 e. The minimum absolute atomic E-state index is 0.152. The van der Waals surface area contributed by atoms with Crippen molar-refractivity contribution in [1.82, 2.24) is 9.80 Å². The van der Waals surface area contributed by atoms with E-state index in [4.69, 9.17) is 5.73 Å². The number of hydrogen-bond donors (Lipinski definition) is 2. The Morgan fingerprint density at radius 3 is 2.05 bits per heavy atom. The minimum atomic E-state index is -4.10. The van der Waals surface area contributed by atoms with Gasteiger partial charge in [-0.3, -0.25) is 9.59 Å². The van der Waals surface area contributed by atoms with Gasteiger partial charge in [0.1, 0.15) is 6.04 Å². The lowest BCUT2D eigenvalue weighted by atomic mass is 9.67. The molecule has 2 saturated heterocycles. The number of rotatable bonds is 8. The molecule has 5 rings (SSSR count). The summed E-state index contributed by atoms with van der Waals surface area (Å²) in [6.45, 7) is 2.95. The Hall–Kier alpha value is -3.07. The van der Waals surface area contributed by atoms with Crippen LogP contribution in [0.15, 0.2) is 48.5 Å². The van der Waals surface area contributed by atoms with Crippen LogP contribution in [0.2, 0.25) is 0 Å². The normalized spacial score (nSPS) is 22.0. The summed E-state index contributed by atoms with van der Waals surface area (Å²) in [5.74, 6) is -0.173. The van der Waals surface area contributed by atoms with Crippen molar-refractivity contribution in [2.24, 2.45) is 17.1 Å². The van der Waals surface area contributed by atoms with Gasteiger partial charge < -0.3 is 20.9 Å². The van der Waals surface area contributed by atoms with Crippen LogP contribution < -0.4 is 11.1 Å². The Bertz CT molecular complexity index is 1170. The summed E-state index contributed by atoms with van der Waals surface area (Å²) in [5.41, 5.74) is 7.61. The lowest BCUT2D eigenvalue weighted by molar-refractivity contribution is -0.256. The standard InChI is InChI=1S/C31H39F3N4O2/c32-31(33,34)30(15-3-16-30)21-37-18-13-22(14-19-37)20-36-26-11-9-24(10-12-26)23-5-7-25(8-6-23)29(40)38-17-2-1-4-27(38)28(35)39/h5-12,22,27,36H,1-4,13-21H2,(H2,35,39)/t27-/m1/s1. The van der Waals surface area contributed by atoms with Crippen molar-refractivity contribution in [3.8, 4) is 11.1 Å². The van der Waals surface area contributed by atoms with Crippen LogP contribution in [0.4, 0.5) is 18.9 Å². The van der Waals surface area contributed by atoms with Gasteiger partial charge in [-0.1, -0.05) is 30.7 Å². The summed E-state index contributed by atoms with van der Waals surface area (Å²) < 4.78 is 40.6. The number of nitrogens with two attached hydrogens (primary N) is 1. The van der Waals surface area contributed by atoms with Gasteiger partial charge in [-0.15, -0.1) is 0 Å². The van der Waals surface area contributed by atoms with Crippen LogP contribution in [0, 0.1) is 11.3 Å². The number of halogens is 3. The molecule has 1 atom stereocenters. The highest BCUT2D eigenvalue weighted by Gasteiger charge is 2.58. The molecular weight excluding hydrogens is 517 g/mol. The molecule has 1 saturated carbocycles. The average molecular weight is 557 g/mol. The molecule has 0 aromatic heterocycles. The zero-order valence-corrected chi connectivity index (χ0v) is 22.9. The van der Waals surface area contributed by atoms with Gasteiger partial charge in [-0.05, 0) is 99.3 Å². The van der Waals surface area contributed by atoms with E-state index in [-0.39, 0.29) is 25.3 Å². The molecule has 3 fully saturated rings. The Morgan fingerprint density at radius 1 is 0.875 bits per heavy atom. The lowest BCUT2D eigenvalue weighted by Crippen LogP contribution is -2.53. The van der Waals surface area contributed by atoms with Crippen LogP contribution in [0.25, 0.3) is 11.1 Å². The van der Waals surface area contributed by atoms with E-state index in [1.165, 1.54) is 0 Å². The van der Waals surface area contributed by atoms with Crippen LogP contribution in [0.5, 0.6) is 0 Å². The summed E-state index contributed by atoms with van der Waals surface area (Å²) in [6.07, 6.45) is 1.31. The molecule has 6 nitrogen and oxygen atoms in total. The molecule has 3 aliphatic rings. The first-order chi connectivity index (χ1) is 19.1. The van der Waals surface area contributed by atoms with Gasteiger partial charge >= 0.3 is 6.18 Å². The van der Waals surface area contributed by atoms with Gasteiger partial charge in [0.2, 0.25) is 5.91 Å². The molecule has 2 aromatic rings. The second kappa shape index (κ2) is 11.8. The van der Waals surface area contributed by atoms with Crippen LogP contribution in [-0.2, 0) is 4.79 Å². The predicted molar refractivity (Wildman–Crippen MR) is 150 cm³/mol. The molecule has 0 spiro atoms. The van der Waals surface area contributed by atoms with E-state index in [0.717, 1.165) is 62.1 Å². The predicted octanol–water partition coefficient (Wildman–Crippen LogP) is 5.69. The minimum Gasteiger partial charge on any atom is -0.385 e. The van der Waals surface area contributed by atoms with Crippen molar-refractivity contribution in [3.05, 3.63) is 54.1 Å². The number of piperidine rings is 2. The molecule has 2 aromatic carbocycles. The van der Waals surface area contributed by atoms with Crippen LogP contribution in [0.3, 0.4) is 0 Å². The molecule has 0 unspecified atom stereocenters. The number of nitrogens with one attached hydrogen (secondary N) is 1. The molecule has 2 heterocycles. The number of carbonyl (C=O) groups excluding carboxylic acids is 2. The van der Waals surface area contributed by atoms with E-state index >= 15 is 0 Å². The molecule has 40 heavy (non-hydrogen) atoms. The monoisotopic (exact) mass is 556 g/mol. The fraction of sp³-hybridized carbons (Fsp3) is 0.548. The van der Waals surface area contributed by atoms with Crippen molar-refractivity contribution in [3.63, 3.8) is 0 Å². The van der Waals surface area contributed by atoms with E-state index in [2.05, 4.69) is 5.32 Å². The molecule has 9 heteroatoms. The topological polar surface area (TPSA) is 78.7 Å². The van der Waals surface area contributed by atoms with Crippen LogP contribution in [-0.4, -0.2) is 66.6 Å². The third kappa shape index (κ3) is 6.14. The van der Waals surface area contributed by atoms with E-state index in [9.17, 15) is 22.8 Å². The third-order valence-corrected chi connectivity index (χ3v) is 9.18. The molecule has 0 radical (unpaired) electrons. The fourth-order valence-corrected chi connectivity index (χ4v) is 6.40. The van der Waals surface area contributed by atoms with Crippen LogP contribution in [0.1, 0.15) is 61.7 Å². The molecule has 1 aliphatic carbocycles. The second-order valence-electron chi connectivity index (χ2n) is 11.8. The highest BCUT2D eigenvalue weighted by Crippen LogP contribution is 2.53. The number of likely N-dealkylation sites (tertiary alicyclic amines) is 2. The number of amides is 2. The van der Waals surface area contributed by atoms with Crippen molar-refractivity contribution < 1.29 is 22.8 Å². The second-order valence-corrected chi connectivity index (χ2v) is 11.8. The number of benzene rings is 2. The quantitative estimate of drug-likeness (QED) is 0.438. The number of nitrogens with zero attached hydrogens (tertiary/aromatic N) is 2. The highest BCUT2D eigenvalue weighted by molar-refractivity contribution is 5.97. The Balaban J connectivity index is 1.10. The first-order valence-electron chi connectivity index (χ1n) is 14.5. The summed E-state index contributed by atoms with van der Waals surface area (Å²) in [4.78, 5) is 28.4. The van der Waals surface area contributed by atoms with Crippen LogP contribution >= 0.6 is 0 Å². The van der Waals surface area contributed by atoms with Gasteiger partial charge in [-0.25, -0.2) is 0 Å². The van der Waals surface area contributed by atoms with Crippen molar-refractivity contribution in [2.45, 2.75) is 63.6 Å². The number of carbonyl (C=O) groups is 2. The molecule has 0 bridgehead atoms. The third-order valence-electron chi connectivity index (χ3n) is 9.18. The number of hydrogen-bond acceptors (Lipinski definition) is 4. The van der Waals surface area contributed by atoms with E-state index in [0.29, 0.717) is 30.9 Å². The van der Waals surface area contributed by atoms with Gasteiger partial charge in [0.15, 0.2) is 0 Å². The first-order valence-corrected chi connectivity index (χ1v) is 14.5. The zero-order chi connectivity index (χ0) is 28.3. The average Bonchev–Trinajstić information content (AvgIpc) is 2.94. The van der Waals surface area contributed by atoms with Crippen molar-refractivity contribution in [1.29, 1.82) is 0 Å². The van der Waals surface area contributed by atoms with Crippen molar-refractivity contribution in [2.75, 3.05) is 38.0 Å². The number of primary amides is 1. The number of alkyl halides is 3. The summed E-state index contributed by atoms with van der Waals surface area (Å²) >= 11 is 0. The summed E-state index contributed by atoms with van der Waals surface area (Å²) in [7, 11) is 0. The fourth-order valence-electron chi connectivity index (χ4n) is 6.40. The van der Waals surface area contributed by atoms with Gasteiger partial charge in [-0.2, -0.15) is 13.2 Å². The maximum absolute atomic E-state index is 13.5. The van der Waals surface area contributed by atoms with Gasteiger partial charge in [0.05, 0.1) is 5.41 Å². The first kappa shape index (κ1) is 28.5. The molecule has 216 valence electrons. The SMILES string of the molecule is NC(=O)[C@H]1CCCCN1C(=O)c1ccc(-c2ccc(NCC3CCN(CC4(C(F)(F)F)CCC4)CC3)cc2)cc1. The highest BCUT2D eigenvalue weighted by atomic mass is 19.4. The van der Waals surface area contributed by atoms with Gasteiger partial charge in [0.25, 0.3) is 5.91 Å². The maximum Gasteiger partial charge on any atom is 0.395 e. The number of anilines is 1. The Morgan fingerprint density at radius 2 is 1.50 bits per heavy atom. The van der Waals surface area contributed by atoms with E-state index < -0.39 is 23.5 Å². The maximum atomic E-state index is 13.5. The van der Waals surface area contributed by atoms with E-state index in [1.54, 1.807) is 17.0 Å². The zero-order valence-electron chi connectivity index (χ0n) is 22.9. The van der Waals surface area contributed by atoms with E-state index in [1.807, 2.05) is 41.3 Å². The molecule has 2 aliphatic heterocycles. The Labute approximate surface area is 234 Å². The summed E-state index contributed by atoms with van der Waals surface area (Å²) in [5, 5.41) is 3.49. The lowest BCUT2D eigenvalue weighted by Gasteiger charge is -2.47. The largest absolute Gasteiger partial charge is 0.395 e. The van der Waals surface area contributed by atoms with Crippen molar-refractivity contribution >= 4 is 17.5 Å². The molecule has 3 N–H and O–H groups in total. The molecule has 2 amide bonds. The summed E-state index contributed by atoms with van der Waals surface area (Å²) in [6, 6.07) is 15.0. The molecular formula is C31H39F3N4O2.